The van der Waals surface area contributed by atoms with Gasteiger partial charge in [-0.1, -0.05) is 25.1 Å². The van der Waals surface area contributed by atoms with E-state index in [0.717, 1.165) is 31.9 Å². The third-order valence-electron chi connectivity index (χ3n) is 4.27. The molecule has 0 radical (unpaired) electrons. The van der Waals surface area contributed by atoms with Crippen LogP contribution in [0, 0.1) is 5.92 Å². The number of anilines is 1. The van der Waals surface area contributed by atoms with E-state index in [2.05, 4.69) is 22.5 Å². The Hall–Kier alpha value is -1.39. The number of piperidine rings is 1. The molecule has 116 valence electrons. The first-order valence-electron chi connectivity index (χ1n) is 8.01. The molecule has 1 aliphatic rings. The molecule has 0 aliphatic carbocycles. The monoisotopic (exact) mass is 289 g/mol. The fraction of sp³-hybridized carbons (Fsp3) is 0.588. The zero-order valence-corrected chi connectivity index (χ0v) is 13.1. The number of carbonyl (C=O) groups excluding carboxylic acids is 1. The maximum Gasteiger partial charge on any atom is 0.241 e. The molecule has 1 aromatic rings. The van der Waals surface area contributed by atoms with Crippen LogP contribution < -0.4 is 10.6 Å². The molecule has 1 heterocycles. The minimum atomic E-state index is -0.0999. The van der Waals surface area contributed by atoms with Gasteiger partial charge in [0.1, 0.15) is 0 Å². The summed E-state index contributed by atoms with van der Waals surface area (Å²) in [5.74, 6) is 0.734. The number of hydrogen-bond donors (Lipinski definition) is 2. The number of nitrogens with zero attached hydrogens (tertiary/aromatic N) is 1. The third-order valence-corrected chi connectivity index (χ3v) is 4.27. The number of nitrogens with one attached hydrogen (secondary N) is 2. The lowest BCUT2D eigenvalue weighted by Gasteiger charge is -2.32. The van der Waals surface area contributed by atoms with Crippen LogP contribution in [0.15, 0.2) is 30.3 Å². The fourth-order valence-corrected chi connectivity index (χ4v) is 2.91. The first kappa shape index (κ1) is 16.0. The number of hydrogen-bond acceptors (Lipinski definition) is 3. The van der Waals surface area contributed by atoms with Gasteiger partial charge in [0.15, 0.2) is 0 Å². The van der Waals surface area contributed by atoms with E-state index in [1.54, 1.807) is 0 Å². The first-order chi connectivity index (χ1) is 10.2. The van der Waals surface area contributed by atoms with Crippen molar-refractivity contribution in [3.63, 3.8) is 0 Å². The predicted octanol–water partition coefficient (Wildman–Crippen LogP) is 2.34. The molecule has 0 spiro atoms. The summed E-state index contributed by atoms with van der Waals surface area (Å²) < 4.78 is 0. The Labute approximate surface area is 127 Å². The highest BCUT2D eigenvalue weighted by Gasteiger charge is 2.23. The third kappa shape index (κ3) is 4.83. The molecule has 4 nitrogen and oxygen atoms in total. The molecule has 0 saturated carbocycles. The molecule has 2 rings (SSSR count). The van der Waals surface area contributed by atoms with Crippen LogP contribution in [-0.4, -0.2) is 43.0 Å². The molecule has 1 amide bonds. The number of rotatable bonds is 6. The van der Waals surface area contributed by atoms with Gasteiger partial charge in [0.2, 0.25) is 5.91 Å². The lowest BCUT2D eigenvalue weighted by atomic mass is 9.98. The van der Waals surface area contributed by atoms with Gasteiger partial charge >= 0.3 is 0 Å². The summed E-state index contributed by atoms with van der Waals surface area (Å²) in [4.78, 5) is 14.7. The smallest absolute Gasteiger partial charge is 0.241 e. The topological polar surface area (TPSA) is 44.4 Å². The van der Waals surface area contributed by atoms with Crippen molar-refractivity contribution < 1.29 is 4.79 Å². The number of carbonyl (C=O) groups is 1. The van der Waals surface area contributed by atoms with Crippen LogP contribution in [0.5, 0.6) is 0 Å². The summed E-state index contributed by atoms with van der Waals surface area (Å²) in [7, 11) is 0. The number of para-hydroxylation sites is 1. The quantitative estimate of drug-likeness (QED) is 0.845. The summed E-state index contributed by atoms with van der Waals surface area (Å²) in [6.45, 7) is 8.23. The second-order valence-corrected chi connectivity index (χ2v) is 5.83. The molecule has 1 saturated heterocycles. The molecule has 2 atom stereocenters. The van der Waals surface area contributed by atoms with Crippen molar-refractivity contribution in [3.05, 3.63) is 30.3 Å². The zero-order valence-electron chi connectivity index (χ0n) is 13.1. The fourth-order valence-electron chi connectivity index (χ4n) is 2.91. The lowest BCUT2D eigenvalue weighted by molar-refractivity contribution is -0.121. The van der Waals surface area contributed by atoms with Crippen LogP contribution in [0.2, 0.25) is 0 Å². The van der Waals surface area contributed by atoms with Crippen LogP contribution in [0.3, 0.4) is 0 Å². The number of benzene rings is 1. The van der Waals surface area contributed by atoms with E-state index in [4.69, 9.17) is 0 Å². The lowest BCUT2D eigenvalue weighted by Crippen LogP contribution is -2.46. The average Bonchev–Trinajstić information content (AvgIpc) is 2.54. The second-order valence-electron chi connectivity index (χ2n) is 5.83. The van der Waals surface area contributed by atoms with Crippen LogP contribution in [-0.2, 0) is 4.79 Å². The molecule has 1 aliphatic heterocycles. The standard InChI is InChI=1S/C17H27N3O/c1-3-20(13-15-8-7-11-18-12-15)14(2)17(21)19-16-9-5-4-6-10-16/h4-6,9-10,14-15,18H,3,7-8,11-13H2,1-2H3,(H,19,21). The number of amides is 1. The normalized spacial score (nSPS) is 20.2. The minimum Gasteiger partial charge on any atom is -0.325 e. The molecule has 1 aromatic carbocycles. The summed E-state index contributed by atoms with van der Waals surface area (Å²) in [5, 5.41) is 6.44. The highest BCUT2D eigenvalue weighted by molar-refractivity contribution is 5.94. The Bertz CT molecular complexity index is 429. The van der Waals surface area contributed by atoms with Gasteiger partial charge in [0, 0.05) is 12.2 Å². The van der Waals surface area contributed by atoms with Crippen LogP contribution >= 0.6 is 0 Å². The summed E-state index contributed by atoms with van der Waals surface area (Å²) >= 11 is 0. The highest BCUT2D eigenvalue weighted by atomic mass is 16.2. The van der Waals surface area contributed by atoms with Gasteiger partial charge in [-0.15, -0.1) is 0 Å². The maximum atomic E-state index is 12.4. The Morgan fingerprint density at radius 1 is 1.43 bits per heavy atom. The van der Waals surface area contributed by atoms with E-state index in [1.165, 1.54) is 12.8 Å². The SMILES string of the molecule is CCN(CC1CCCNC1)C(C)C(=O)Nc1ccccc1. The first-order valence-corrected chi connectivity index (χ1v) is 8.01. The zero-order chi connectivity index (χ0) is 15.1. The molecule has 1 fully saturated rings. The van der Waals surface area contributed by atoms with Crippen LogP contribution in [0.25, 0.3) is 0 Å². The molecule has 2 N–H and O–H groups in total. The van der Waals surface area contributed by atoms with Crippen molar-refractivity contribution in [2.24, 2.45) is 5.92 Å². The van der Waals surface area contributed by atoms with Crippen molar-refractivity contribution >= 4 is 11.6 Å². The Kier molecular flexibility index (Phi) is 6.21. The summed E-state index contributed by atoms with van der Waals surface area (Å²) in [5.41, 5.74) is 0.865. The van der Waals surface area contributed by atoms with Gasteiger partial charge in [-0.25, -0.2) is 0 Å². The molecule has 2 unspecified atom stereocenters. The van der Waals surface area contributed by atoms with E-state index in [9.17, 15) is 4.79 Å². The minimum absolute atomic E-state index is 0.0758. The Morgan fingerprint density at radius 3 is 2.81 bits per heavy atom. The molecular formula is C17H27N3O. The van der Waals surface area contributed by atoms with Crippen molar-refractivity contribution in [1.29, 1.82) is 0 Å². The van der Waals surface area contributed by atoms with E-state index >= 15 is 0 Å². The largest absolute Gasteiger partial charge is 0.325 e. The van der Waals surface area contributed by atoms with Crippen molar-refractivity contribution in [1.82, 2.24) is 10.2 Å². The molecule has 0 aromatic heterocycles. The highest BCUT2D eigenvalue weighted by Crippen LogP contribution is 2.14. The predicted molar refractivity (Wildman–Crippen MR) is 87.4 cm³/mol. The van der Waals surface area contributed by atoms with Crippen molar-refractivity contribution in [2.45, 2.75) is 32.7 Å². The molecular weight excluding hydrogens is 262 g/mol. The molecule has 4 heteroatoms. The van der Waals surface area contributed by atoms with E-state index in [1.807, 2.05) is 37.3 Å². The Morgan fingerprint density at radius 2 is 2.19 bits per heavy atom. The van der Waals surface area contributed by atoms with Gasteiger partial charge in [-0.05, 0) is 57.5 Å². The second kappa shape index (κ2) is 8.15. The van der Waals surface area contributed by atoms with E-state index in [0.29, 0.717) is 5.92 Å². The maximum absolute atomic E-state index is 12.4. The van der Waals surface area contributed by atoms with Crippen LogP contribution in [0.4, 0.5) is 5.69 Å². The number of likely N-dealkylation sites (N-methyl/N-ethyl adjacent to an activating group) is 1. The van der Waals surface area contributed by atoms with Gasteiger partial charge in [0.05, 0.1) is 6.04 Å². The van der Waals surface area contributed by atoms with Gasteiger partial charge in [-0.2, -0.15) is 0 Å². The van der Waals surface area contributed by atoms with Gasteiger partial charge < -0.3 is 10.6 Å². The van der Waals surface area contributed by atoms with Gasteiger partial charge in [0.25, 0.3) is 0 Å². The average molecular weight is 289 g/mol. The van der Waals surface area contributed by atoms with E-state index in [-0.39, 0.29) is 11.9 Å². The summed E-state index contributed by atoms with van der Waals surface area (Å²) in [6, 6.07) is 9.57. The summed E-state index contributed by atoms with van der Waals surface area (Å²) in [6.07, 6.45) is 2.50. The molecule has 21 heavy (non-hydrogen) atoms. The van der Waals surface area contributed by atoms with Gasteiger partial charge in [-0.3, -0.25) is 9.69 Å². The van der Waals surface area contributed by atoms with Crippen LogP contribution in [0.1, 0.15) is 26.7 Å². The van der Waals surface area contributed by atoms with E-state index < -0.39 is 0 Å². The van der Waals surface area contributed by atoms with Crippen molar-refractivity contribution in [3.8, 4) is 0 Å². The van der Waals surface area contributed by atoms with Crippen molar-refractivity contribution in [2.75, 3.05) is 31.5 Å². The Balaban J connectivity index is 1.88. The molecule has 0 bridgehead atoms.